The highest BCUT2D eigenvalue weighted by Gasteiger charge is 2.41. The Morgan fingerprint density at radius 1 is 0.829 bits per heavy atom. The third-order valence-corrected chi connectivity index (χ3v) is 17.1. The minimum atomic E-state index is -0.834. The van der Waals surface area contributed by atoms with E-state index in [2.05, 4.69) is 20.2 Å². The first-order valence-electron chi connectivity index (χ1n) is 27.2. The van der Waals surface area contributed by atoms with Gasteiger partial charge in [-0.25, -0.2) is 19.3 Å². The van der Waals surface area contributed by atoms with Crippen LogP contribution in [0.3, 0.4) is 0 Å². The molecule has 4 aromatic heterocycles. The summed E-state index contributed by atoms with van der Waals surface area (Å²) in [5.41, 5.74) is 3.40. The van der Waals surface area contributed by atoms with Crippen molar-refractivity contribution in [2.45, 2.75) is 148 Å². The largest absolute Gasteiger partial charge is 0.367 e. The van der Waals surface area contributed by atoms with Crippen molar-refractivity contribution < 1.29 is 33.2 Å². The number of nitrogens with one attached hydrogen (secondary N) is 1. The number of unbranched alkanes of at least 4 members (excludes halogenated alkanes) is 1. The van der Waals surface area contributed by atoms with Crippen molar-refractivity contribution in [3.05, 3.63) is 109 Å². The van der Waals surface area contributed by atoms with Crippen molar-refractivity contribution in [1.82, 2.24) is 44.5 Å². The zero-order valence-electron chi connectivity index (χ0n) is 44.1. The van der Waals surface area contributed by atoms with Crippen LogP contribution in [0.2, 0.25) is 0 Å². The predicted octanol–water partition coefficient (Wildman–Crippen LogP) is 7.71. The number of carbonyl (C=O) groups is 6. The van der Waals surface area contributed by atoms with Gasteiger partial charge in [0.15, 0.2) is 5.78 Å². The van der Waals surface area contributed by atoms with Crippen LogP contribution in [-0.2, 0) is 25.6 Å². The number of pyridine rings is 2. The Hall–Kier alpha value is -6.76. The molecule has 4 fully saturated rings. The van der Waals surface area contributed by atoms with Gasteiger partial charge in [-0.2, -0.15) is 0 Å². The van der Waals surface area contributed by atoms with Crippen LogP contribution in [0, 0.1) is 18.7 Å². The average Bonchev–Trinajstić information content (AvgIpc) is 4.30. The van der Waals surface area contributed by atoms with E-state index in [0.717, 1.165) is 75.6 Å². The molecule has 2 aliphatic carbocycles. The summed E-state index contributed by atoms with van der Waals surface area (Å²) in [7, 11) is 1.60. The molecule has 5 aromatic rings. The Morgan fingerprint density at radius 2 is 1.54 bits per heavy atom. The second-order valence-corrected chi connectivity index (χ2v) is 22.0. The number of Topliss-reactive ketones (excluding diaryl/α,β-unsaturated/α-hetero) is 1. The Kier molecular flexibility index (Phi) is 17.1. The highest BCUT2D eigenvalue weighted by Crippen LogP contribution is 2.37. The fourth-order valence-corrected chi connectivity index (χ4v) is 12.6. The average molecular weight is 1060 g/mol. The van der Waals surface area contributed by atoms with E-state index in [9.17, 15) is 38.0 Å². The molecule has 0 unspecified atom stereocenters. The van der Waals surface area contributed by atoms with Crippen LogP contribution in [0.1, 0.15) is 171 Å². The first kappa shape index (κ1) is 54.0. The zero-order chi connectivity index (χ0) is 53.6. The van der Waals surface area contributed by atoms with Crippen LogP contribution in [-0.4, -0.2) is 126 Å². The third-order valence-electron chi connectivity index (χ3n) is 16.2. The molecule has 2 saturated heterocycles. The van der Waals surface area contributed by atoms with Crippen molar-refractivity contribution in [2.24, 2.45) is 5.92 Å². The molecule has 2 aliphatic heterocycles. The lowest BCUT2D eigenvalue weighted by atomic mass is 9.83. The number of halogens is 1. The minimum absolute atomic E-state index is 0.000133. The van der Waals surface area contributed by atoms with E-state index in [-0.39, 0.29) is 70.5 Å². The van der Waals surface area contributed by atoms with E-state index in [4.69, 9.17) is 9.97 Å². The number of likely N-dealkylation sites (tertiary alicyclic amines) is 1. The Labute approximate surface area is 446 Å². The SMILES string of the molecule is CC(=O)c1c(C)c2cnc(Cc3ccc(N4CCN(C(=O)CCCCC(=O)N(C)[C@@H](C)C(=O)N[C@H](C(=O)N5CCC[C@H]5c5nc(C(=O)c6ccc(F)cc6)cs5)C5CCCCC5)CC4)cn3)nc2n(C2CCCC2)c1=O. The molecule has 4 aliphatic rings. The number of rotatable bonds is 18. The highest BCUT2D eigenvalue weighted by atomic mass is 32.1. The number of ketones is 2. The molecular weight excluding hydrogens is 988 g/mol. The maximum atomic E-state index is 14.5. The maximum Gasteiger partial charge on any atom is 0.263 e. The lowest BCUT2D eigenvalue weighted by Gasteiger charge is -2.36. The lowest BCUT2D eigenvalue weighted by Crippen LogP contribution is -2.56. The number of fused-ring (bicyclic) bond motifs is 1. The van der Waals surface area contributed by atoms with Gasteiger partial charge in [0.05, 0.1) is 29.9 Å². The standard InChI is InChI=1S/C57H69FN10O7S/c1-35-44-33-60-47(62-53(44)68(42-15-8-9-16-42)56(74)50(35)37(3)69)31-41-24-25-43(32-59-41)65-27-29-66(30-28-65)49(71)19-11-10-18-48(70)64(4)36(2)54(73)63-51(38-13-6-5-7-14-38)57(75)67-26-12-17-46(67)55-61-45(34-76-55)52(72)39-20-22-40(58)23-21-39/h20-25,32-34,36,38,42,46,51H,5-19,26-31H2,1-4H3,(H,63,73)/t36-,46-,51-/m0/s1. The molecule has 402 valence electrons. The molecule has 1 aromatic carbocycles. The number of aryl methyl sites for hydroxylation is 1. The van der Waals surface area contributed by atoms with Crippen LogP contribution >= 0.6 is 11.3 Å². The van der Waals surface area contributed by atoms with E-state index in [1.54, 1.807) is 41.9 Å². The topological polar surface area (TPSA) is 201 Å². The Balaban J connectivity index is 0.726. The van der Waals surface area contributed by atoms with Gasteiger partial charge in [0.2, 0.25) is 29.4 Å². The number of carbonyl (C=O) groups excluding carboxylic acids is 6. The van der Waals surface area contributed by atoms with E-state index in [1.165, 1.54) is 47.4 Å². The number of likely N-dealkylation sites (N-methyl/N-ethyl adjacent to an activating group) is 1. The van der Waals surface area contributed by atoms with Crippen LogP contribution in [0.25, 0.3) is 11.0 Å². The van der Waals surface area contributed by atoms with E-state index in [0.29, 0.717) is 97.8 Å². The van der Waals surface area contributed by atoms with Crippen LogP contribution in [0.4, 0.5) is 10.1 Å². The van der Waals surface area contributed by atoms with E-state index in [1.807, 2.05) is 23.2 Å². The van der Waals surface area contributed by atoms with Crippen molar-refractivity contribution in [1.29, 1.82) is 0 Å². The van der Waals surface area contributed by atoms with Crippen molar-refractivity contribution >= 4 is 63.3 Å². The maximum absolute atomic E-state index is 14.5. The monoisotopic (exact) mass is 1060 g/mol. The molecule has 0 bridgehead atoms. The number of piperazine rings is 1. The summed E-state index contributed by atoms with van der Waals surface area (Å²) in [6.07, 6.45) is 15.2. The summed E-state index contributed by atoms with van der Waals surface area (Å²) in [6.45, 7) is 7.79. The van der Waals surface area contributed by atoms with Gasteiger partial charge >= 0.3 is 0 Å². The van der Waals surface area contributed by atoms with Crippen molar-refractivity contribution in [2.75, 3.05) is 44.7 Å². The quantitative estimate of drug-likeness (QED) is 0.0663. The summed E-state index contributed by atoms with van der Waals surface area (Å²) < 4.78 is 15.2. The molecule has 2 saturated carbocycles. The van der Waals surface area contributed by atoms with Gasteiger partial charge in [0, 0.05) is 86.9 Å². The number of amides is 4. The van der Waals surface area contributed by atoms with Gasteiger partial charge in [-0.05, 0) is 120 Å². The Morgan fingerprint density at radius 3 is 2.24 bits per heavy atom. The molecule has 6 heterocycles. The highest BCUT2D eigenvalue weighted by molar-refractivity contribution is 7.10. The smallest absolute Gasteiger partial charge is 0.263 e. The Bertz CT molecular complexity index is 3020. The third kappa shape index (κ3) is 11.9. The molecular formula is C57H69FN10O7S. The van der Waals surface area contributed by atoms with Crippen molar-refractivity contribution in [3.63, 3.8) is 0 Å². The fraction of sp³-hybridized carbons (Fsp3) is 0.526. The van der Waals surface area contributed by atoms with Gasteiger partial charge in [-0.3, -0.25) is 43.1 Å². The van der Waals surface area contributed by atoms with Crippen LogP contribution < -0.4 is 15.8 Å². The molecule has 76 heavy (non-hydrogen) atoms. The minimum Gasteiger partial charge on any atom is -0.367 e. The molecule has 0 spiro atoms. The van der Waals surface area contributed by atoms with Gasteiger partial charge in [0.25, 0.3) is 5.56 Å². The van der Waals surface area contributed by atoms with Crippen LogP contribution in [0.5, 0.6) is 0 Å². The predicted molar refractivity (Wildman–Crippen MR) is 287 cm³/mol. The fourth-order valence-electron chi connectivity index (χ4n) is 11.6. The van der Waals surface area contributed by atoms with Crippen LogP contribution in [0.15, 0.2) is 59.0 Å². The van der Waals surface area contributed by atoms with Gasteiger partial charge in [-0.1, -0.05) is 32.1 Å². The summed E-state index contributed by atoms with van der Waals surface area (Å²) in [6, 6.07) is 7.35. The molecule has 19 heteroatoms. The summed E-state index contributed by atoms with van der Waals surface area (Å²) in [5.74, 6) is -1.27. The molecule has 17 nitrogen and oxygen atoms in total. The molecule has 4 amide bonds. The summed E-state index contributed by atoms with van der Waals surface area (Å²) in [5, 5.41) is 6.12. The lowest BCUT2D eigenvalue weighted by molar-refractivity contribution is -0.142. The first-order valence-corrected chi connectivity index (χ1v) is 28.1. The van der Waals surface area contributed by atoms with Gasteiger partial charge in [0.1, 0.15) is 40.1 Å². The van der Waals surface area contributed by atoms with E-state index < -0.39 is 23.8 Å². The van der Waals surface area contributed by atoms with Gasteiger partial charge in [-0.15, -0.1) is 11.3 Å². The number of nitrogens with zero attached hydrogens (tertiary/aromatic N) is 9. The first-order chi connectivity index (χ1) is 36.7. The number of hydrogen-bond acceptors (Lipinski definition) is 13. The van der Waals surface area contributed by atoms with Crippen molar-refractivity contribution in [3.8, 4) is 0 Å². The normalized spacial score (nSPS) is 18.2. The second kappa shape index (κ2) is 24.1. The number of thiazole rings is 1. The summed E-state index contributed by atoms with van der Waals surface area (Å²) >= 11 is 1.32. The van der Waals surface area contributed by atoms with E-state index >= 15 is 0 Å². The summed E-state index contributed by atoms with van der Waals surface area (Å²) in [4.78, 5) is 121. The number of aromatic nitrogens is 5. The second-order valence-electron chi connectivity index (χ2n) is 21.1. The zero-order valence-corrected chi connectivity index (χ0v) is 44.9. The molecule has 0 radical (unpaired) electrons. The molecule has 3 atom stereocenters. The number of anilines is 1. The number of hydrogen-bond donors (Lipinski definition) is 1. The molecule has 9 rings (SSSR count). The molecule has 1 N–H and O–H groups in total. The number of benzene rings is 1. The van der Waals surface area contributed by atoms with Gasteiger partial charge < -0.3 is 24.9 Å².